The second-order valence-corrected chi connectivity index (χ2v) is 4.00. The minimum atomic E-state index is -1.15. The predicted octanol–water partition coefficient (Wildman–Crippen LogP) is 0.673. The smallest absolute Gasteiger partial charge is 0.328 e. The van der Waals surface area contributed by atoms with Crippen LogP contribution < -0.4 is 5.32 Å². The van der Waals surface area contributed by atoms with Crippen molar-refractivity contribution in [2.75, 3.05) is 13.7 Å². The van der Waals surface area contributed by atoms with Crippen molar-refractivity contribution in [2.45, 2.75) is 6.04 Å². The SMILES string of the molecule is COCC(NC(=O)c1ccnc(Br)c1)C(=O)O. The number of carbonyl (C=O) groups is 2. The molecule has 1 unspecified atom stereocenters. The average Bonchev–Trinajstić information content (AvgIpc) is 2.28. The van der Waals surface area contributed by atoms with Gasteiger partial charge in [-0.25, -0.2) is 9.78 Å². The maximum atomic E-state index is 11.7. The van der Waals surface area contributed by atoms with Crippen LogP contribution in [0.2, 0.25) is 0 Å². The van der Waals surface area contributed by atoms with Crippen molar-refractivity contribution < 1.29 is 19.4 Å². The lowest BCUT2D eigenvalue weighted by molar-refractivity contribution is -0.140. The molecule has 0 saturated heterocycles. The van der Waals surface area contributed by atoms with Crippen LogP contribution in [0.5, 0.6) is 0 Å². The third kappa shape index (κ3) is 4.12. The van der Waals surface area contributed by atoms with E-state index in [1.165, 1.54) is 25.4 Å². The monoisotopic (exact) mass is 302 g/mol. The third-order valence-electron chi connectivity index (χ3n) is 1.93. The summed E-state index contributed by atoms with van der Waals surface area (Å²) in [5.41, 5.74) is 0.328. The lowest BCUT2D eigenvalue weighted by Gasteiger charge is -2.13. The second kappa shape index (κ2) is 6.31. The molecule has 1 rings (SSSR count). The fourth-order valence-corrected chi connectivity index (χ4v) is 1.49. The number of nitrogens with one attached hydrogen (secondary N) is 1. The van der Waals surface area contributed by atoms with Crippen molar-refractivity contribution in [2.24, 2.45) is 0 Å². The van der Waals surface area contributed by atoms with Crippen LogP contribution in [0.25, 0.3) is 0 Å². The summed E-state index contributed by atoms with van der Waals surface area (Å²) in [4.78, 5) is 26.4. The molecule has 17 heavy (non-hydrogen) atoms. The van der Waals surface area contributed by atoms with Gasteiger partial charge in [-0.05, 0) is 28.1 Å². The molecule has 0 bridgehead atoms. The number of aromatic nitrogens is 1. The molecule has 7 heteroatoms. The number of hydrogen-bond donors (Lipinski definition) is 2. The Kier molecular flexibility index (Phi) is 5.05. The Bertz CT molecular complexity index is 425. The lowest BCUT2D eigenvalue weighted by Crippen LogP contribution is -2.43. The second-order valence-electron chi connectivity index (χ2n) is 3.19. The third-order valence-corrected chi connectivity index (χ3v) is 2.36. The first-order valence-electron chi connectivity index (χ1n) is 4.68. The number of pyridine rings is 1. The van der Waals surface area contributed by atoms with E-state index in [4.69, 9.17) is 9.84 Å². The number of rotatable bonds is 5. The molecule has 0 aliphatic carbocycles. The van der Waals surface area contributed by atoms with E-state index < -0.39 is 17.9 Å². The van der Waals surface area contributed by atoms with Gasteiger partial charge in [-0.2, -0.15) is 0 Å². The molecule has 2 N–H and O–H groups in total. The molecule has 92 valence electrons. The van der Waals surface area contributed by atoms with Crippen molar-refractivity contribution in [1.29, 1.82) is 0 Å². The van der Waals surface area contributed by atoms with Crippen molar-refractivity contribution in [3.63, 3.8) is 0 Å². The number of aliphatic carboxylic acids is 1. The number of nitrogens with zero attached hydrogens (tertiary/aromatic N) is 1. The highest BCUT2D eigenvalue weighted by atomic mass is 79.9. The number of methoxy groups -OCH3 is 1. The molecule has 1 aromatic rings. The van der Waals surface area contributed by atoms with E-state index in [-0.39, 0.29) is 6.61 Å². The van der Waals surface area contributed by atoms with Crippen LogP contribution in [-0.4, -0.2) is 41.7 Å². The van der Waals surface area contributed by atoms with Crippen LogP contribution in [-0.2, 0) is 9.53 Å². The van der Waals surface area contributed by atoms with Gasteiger partial charge in [0.1, 0.15) is 4.60 Å². The van der Waals surface area contributed by atoms with Gasteiger partial charge in [0.25, 0.3) is 5.91 Å². The molecule has 0 aromatic carbocycles. The summed E-state index contributed by atoms with van der Waals surface area (Å²) in [5.74, 6) is -1.63. The fourth-order valence-electron chi connectivity index (χ4n) is 1.13. The highest BCUT2D eigenvalue weighted by Crippen LogP contribution is 2.08. The molecule has 0 saturated carbocycles. The van der Waals surface area contributed by atoms with Gasteiger partial charge < -0.3 is 15.2 Å². The predicted molar refractivity (Wildman–Crippen MR) is 62.7 cm³/mol. The Morgan fingerprint density at radius 2 is 2.35 bits per heavy atom. The summed E-state index contributed by atoms with van der Waals surface area (Å²) in [6, 6.07) is 1.92. The van der Waals surface area contributed by atoms with E-state index in [0.717, 1.165) is 0 Å². The van der Waals surface area contributed by atoms with Gasteiger partial charge in [0.05, 0.1) is 6.61 Å². The normalized spacial score (nSPS) is 11.9. The van der Waals surface area contributed by atoms with E-state index >= 15 is 0 Å². The van der Waals surface area contributed by atoms with Gasteiger partial charge in [0, 0.05) is 18.9 Å². The van der Waals surface area contributed by atoms with E-state index in [1.807, 2.05) is 0 Å². The fraction of sp³-hybridized carbons (Fsp3) is 0.300. The Morgan fingerprint density at radius 3 is 2.88 bits per heavy atom. The molecule has 0 spiro atoms. The van der Waals surface area contributed by atoms with Crippen LogP contribution in [0.1, 0.15) is 10.4 Å². The topological polar surface area (TPSA) is 88.5 Å². The maximum Gasteiger partial charge on any atom is 0.328 e. The zero-order chi connectivity index (χ0) is 12.8. The van der Waals surface area contributed by atoms with E-state index in [0.29, 0.717) is 10.2 Å². The molecule has 0 aliphatic heterocycles. The summed E-state index contributed by atoms with van der Waals surface area (Å²) in [6.45, 7) is -0.0900. The molecule has 1 amide bonds. The Hall–Kier alpha value is -1.47. The number of carboxylic acids is 1. The first kappa shape index (κ1) is 13.6. The van der Waals surface area contributed by atoms with Gasteiger partial charge in [-0.1, -0.05) is 0 Å². The van der Waals surface area contributed by atoms with Gasteiger partial charge in [0.15, 0.2) is 6.04 Å². The lowest BCUT2D eigenvalue weighted by atomic mass is 10.2. The number of hydrogen-bond acceptors (Lipinski definition) is 4. The first-order valence-corrected chi connectivity index (χ1v) is 5.48. The minimum absolute atomic E-state index is 0.0900. The largest absolute Gasteiger partial charge is 0.480 e. The zero-order valence-electron chi connectivity index (χ0n) is 9.01. The average molecular weight is 303 g/mol. The molecular formula is C10H11BrN2O4. The summed E-state index contributed by atoms with van der Waals surface area (Å²) in [6.07, 6.45) is 1.45. The molecule has 1 aromatic heterocycles. The van der Waals surface area contributed by atoms with Gasteiger partial charge >= 0.3 is 5.97 Å². The molecule has 0 aliphatic rings. The summed E-state index contributed by atoms with van der Waals surface area (Å²) in [7, 11) is 1.37. The Morgan fingerprint density at radius 1 is 1.65 bits per heavy atom. The molecule has 1 heterocycles. The standard InChI is InChI=1S/C10H11BrN2O4/c1-17-5-7(10(15)16)13-9(14)6-2-3-12-8(11)4-6/h2-4,7H,5H2,1H3,(H,13,14)(H,15,16). The van der Waals surface area contributed by atoms with E-state index in [1.54, 1.807) is 0 Å². The summed E-state index contributed by atoms with van der Waals surface area (Å²) < 4.78 is 5.21. The molecule has 6 nitrogen and oxygen atoms in total. The number of halogens is 1. The van der Waals surface area contributed by atoms with Crippen LogP contribution in [0.4, 0.5) is 0 Å². The molecule has 0 fully saturated rings. The van der Waals surface area contributed by atoms with Crippen LogP contribution >= 0.6 is 15.9 Å². The number of carbonyl (C=O) groups excluding carboxylic acids is 1. The molecular weight excluding hydrogens is 292 g/mol. The Labute approximate surface area is 106 Å². The zero-order valence-corrected chi connectivity index (χ0v) is 10.6. The van der Waals surface area contributed by atoms with Crippen LogP contribution in [0, 0.1) is 0 Å². The number of amides is 1. The number of carboxylic acid groups (broad SMARTS) is 1. The van der Waals surface area contributed by atoms with Crippen molar-refractivity contribution >= 4 is 27.8 Å². The highest BCUT2D eigenvalue weighted by Gasteiger charge is 2.20. The van der Waals surface area contributed by atoms with Gasteiger partial charge in [-0.3, -0.25) is 4.79 Å². The number of ether oxygens (including phenoxy) is 1. The molecule has 1 atom stereocenters. The quantitative estimate of drug-likeness (QED) is 0.781. The van der Waals surface area contributed by atoms with E-state index in [2.05, 4.69) is 26.2 Å². The highest BCUT2D eigenvalue weighted by molar-refractivity contribution is 9.10. The van der Waals surface area contributed by atoms with Crippen molar-refractivity contribution in [3.05, 3.63) is 28.5 Å². The van der Waals surface area contributed by atoms with Crippen LogP contribution in [0.3, 0.4) is 0 Å². The maximum absolute atomic E-state index is 11.7. The van der Waals surface area contributed by atoms with Crippen molar-refractivity contribution in [3.8, 4) is 0 Å². The first-order chi connectivity index (χ1) is 8.04. The van der Waals surface area contributed by atoms with E-state index in [9.17, 15) is 9.59 Å². The van der Waals surface area contributed by atoms with Crippen molar-refractivity contribution in [1.82, 2.24) is 10.3 Å². The summed E-state index contributed by atoms with van der Waals surface area (Å²) in [5, 5.41) is 11.2. The Balaban J connectivity index is 2.73. The van der Waals surface area contributed by atoms with Crippen LogP contribution in [0.15, 0.2) is 22.9 Å². The molecule has 0 radical (unpaired) electrons. The van der Waals surface area contributed by atoms with Gasteiger partial charge in [-0.15, -0.1) is 0 Å². The van der Waals surface area contributed by atoms with Gasteiger partial charge in [0.2, 0.25) is 0 Å². The minimum Gasteiger partial charge on any atom is -0.480 e. The summed E-state index contributed by atoms with van der Waals surface area (Å²) >= 11 is 3.12.